The number of nitrogens with zero attached hydrogens (tertiary/aromatic N) is 1. The maximum absolute atomic E-state index is 12.2. The zero-order chi connectivity index (χ0) is 20.0. The van der Waals surface area contributed by atoms with Crippen LogP contribution in [0.4, 0.5) is 0 Å². The molecule has 9 heteroatoms. The molecule has 3 N–H and O–H groups in total. The van der Waals surface area contributed by atoms with Crippen molar-refractivity contribution < 1.29 is 22.7 Å². The van der Waals surface area contributed by atoms with Gasteiger partial charge in [0.15, 0.2) is 6.61 Å². The second-order valence-electron chi connectivity index (χ2n) is 6.75. The van der Waals surface area contributed by atoms with Crippen LogP contribution in [-0.4, -0.2) is 50.9 Å². The van der Waals surface area contributed by atoms with Gasteiger partial charge in [0, 0.05) is 25.0 Å². The molecule has 0 unspecified atom stereocenters. The summed E-state index contributed by atoms with van der Waals surface area (Å²) in [5, 5.41) is 0. The number of nitrogens with two attached hydrogens (primary N) is 1. The lowest BCUT2D eigenvalue weighted by Gasteiger charge is -2.30. The van der Waals surface area contributed by atoms with Gasteiger partial charge in [0.25, 0.3) is 5.91 Å². The molecule has 0 aromatic heterocycles. The average molecular weight is 397 g/mol. The zero-order valence-corrected chi connectivity index (χ0v) is 16.5. The number of hydrogen-bond acceptors (Lipinski definition) is 5. The number of primary amides is 1. The molecule has 1 aromatic carbocycles. The van der Waals surface area contributed by atoms with E-state index in [0.717, 1.165) is 0 Å². The monoisotopic (exact) mass is 397 g/mol. The maximum atomic E-state index is 12.2. The Balaban J connectivity index is 1.86. The highest BCUT2D eigenvalue weighted by Crippen LogP contribution is 2.19. The molecule has 1 aliphatic heterocycles. The lowest BCUT2D eigenvalue weighted by molar-refractivity contribution is -0.136. The molecule has 0 saturated carbocycles. The van der Waals surface area contributed by atoms with Crippen LogP contribution in [0.1, 0.15) is 33.1 Å². The molecule has 8 nitrogen and oxygen atoms in total. The Labute approximate surface area is 160 Å². The highest BCUT2D eigenvalue weighted by Gasteiger charge is 2.26. The third-order valence-electron chi connectivity index (χ3n) is 4.72. The van der Waals surface area contributed by atoms with Crippen LogP contribution < -0.4 is 15.2 Å². The van der Waals surface area contributed by atoms with Crippen molar-refractivity contribution >= 4 is 21.8 Å². The molecular weight excluding hydrogens is 370 g/mol. The number of hydrogen-bond donors (Lipinski definition) is 2. The number of ether oxygens (including phenoxy) is 1. The van der Waals surface area contributed by atoms with Crippen LogP contribution in [0.5, 0.6) is 5.75 Å². The van der Waals surface area contributed by atoms with Crippen molar-refractivity contribution in [3.8, 4) is 5.75 Å². The van der Waals surface area contributed by atoms with E-state index < -0.39 is 10.0 Å². The summed E-state index contributed by atoms with van der Waals surface area (Å²) in [6, 6.07) is 5.80. The van der Waals surface area contributed by atoms with Gasteiger partial charge in [0.1, 0.15) is 5.75 Å². The van der Waals surface area contributed by atoms with Gasteiger partial charge in [0.05, 0.1) is 4.90 Å². The van der Waals surface area contributed by atoms with Crippen molar-refractivity contribution in [2.45, 2.75) is 44.0 Å². The Kier molecular flexibility index (Phi) is 7.20. The van der Waals surface area contributed by atoms with Crippen molar-refractivity contribution in [1.29, 1.82) is 0 Å². The van der Waals surface area contributed by atoms with Crippen molar-refractivity contribution in [2.75, 3.05) is 19.7 Å². The van der Waals surface area contributed by atoms with E-state index in [-0.39, 0.29) is 35.3 Å². The van der Waals surface area contributed by atoms with E-state index in [1.807, 2.05) is 6.92 Å². The number of nitrogens with one attached hydrogen (secondary N) is 1. The molecule has 0 aliphatic carbocycles. The Morgan fingerprint density at radius 2 is 1.85 bits per heavy atom. The lowest BCUT2D eigenvalue weighted by Crippen LogP contribution is -2.43. The van der Waals surface area contributed by atoms with Gasteiger partial charge in [-0.3, -0.25) is 9.59 Å². The van der Waals surface area contributed by atoms with E-state index in [0.29, 0.717) is 38.1 Å². The number of rotatable bonds is 8. The Bertz CT molecular complexity index is 756. The summed E-state index contributed by atoms with van der Waals surface area (Å²) >= 11 is 0. The average Bonchev–Trinajstić information content (AvgIpc) is 2.66. The lowest BCUT2D eigenvalue weighted by atomic mass is 9.96. The Morgan fingerprint density at radius 3 is 2.37 bits per heavy atom. The predicted molar refractivity (Wildman–Crippen MR) is 101 cm³/mol. The van der Waals surface area contributed by atoms with E-state index in [9.17, 15) is 18.0 Å². The van der Waals surface area contributed by atoms with Crippen molar-refractivity contribution in [3.63, 3.8) is 0 Å². The van der Waals surface area contributed by atoms with Crippen molar-refractivity contribution in [1.82, 2.24) is 9.62 Å². The smallest absolute Gasteiger partial charge is 0.260 e. The fraction of sp³-hybridized carbons (Fsp3) is 0.556. The minimum absolute atomic E-state index is 0.140. The number of sulfonamides is 1. The minimum atomic E-state index is -3.57. The second kappa shape index (κ2) is 9.18. The molecule has 1 atom stereocenters. The van der Waals surface area contributed by atoms with Gasteiger partial charge in [-0.1, -0.05) is 6.92 Å². The van der Waals surface area contributed by atoms with E-state index in [1.165, 1.54) is 24.3 Å². The molecule has 1 saturated heterocycles. The van der Waals surface area contributed by atoms with Crippen LogP contribution in [0.15, 0.2) is 29.2 Å². The van der Waals surface area contributed by atoms with Crippen LogP contribution in [0.25, 0.3) is 0 Å². The highest BCUT2D eigenvalue weighted by atomic mass is 32.2. The molecule has 1 aromatic rings. The second-order valence-corrected chi connectivity index (χ2v) is 8.46. The number of carbonyl (C=O) groups excluding carboxylic acids is 2. The zero-order valence-electron chi connectivity index (χ0n) is 15.7. The fourth-order valence-corrected chi connectivity index (χ4v) is 4.11. The summed E-state index contributed by atoms with van der Waals surface area (Å²) in [6.45, 7) is 4.52. The first-order valence-corrected chi connectivity index (χ1v) is 10.5. The Morgan fingerprint density at radius 1 is 1.26 bits per heavy atom. The summed E-state index contributed by atoms with van der Waals surface area (Å²) in [5.74, 6) is -0.254. The van der Waals surface area contributed by atoms with E-state index in [4.69, 9.17) is 10.5 Å². The van der Waals surface area contributed by atoms with Crippen molar-refractivity contribution in [3.05, 3.63) is 24.3 Å². The first kappa shape index (κ1) is 21.2. The van der Waals surface area contributed by atoms with Gasteiger partial charge in [-0.2, -0.15) is 0 Å². The maximum Gasteiger partial charge on any atom is 0.260 e. The number of benzene rings is 1. The van der Waals surface area contributed by atoms with Gasteiger partial charge in [0.2, 0.25) is 15.9 Å². The molecular formula is C18H27N3O5S. The molecule has 1 heterocycles. The number of piperidine rings is 1. The van der Waals surface area contributed by atoms with Gasteiger partial charge in [-0.25, -0.2) is 13.1 Å². The standard InChI is InChI=1S/C18H27N3O5S/c1-3-13(2)20-27(24,25)16-6-4-15(5-7-16)26-12-17(22)21-10-8-14(9-11-21)18(19)23/h4-7,13-14,20H,3,8-12H2,1-2H3,(H2,19,23)/t13-/m0/s1. The largest absolute Gasteiger partial charge is 0.484 e. The van der Waals surface area contributed by atoms with Crippen LogP contribution in [-0.2, 0) is 19.6 Å². The highest BCUT2D eigenvalue weighted by molar-refractivity contribution is 7.89. The Hall–Kier alpha value is -2.13. The molecule has 1 fully saturated rings. The first-order chi connectivity index (χ1) is 12.7. The predicted octanol–water partition coefficient (Wildman–Crippen LogP) is 0.866. The minimum Gasteiger partial charge on any atom is -0.484 e. The molecule has 2 amide bonds. The van der Waals surface area contributed by atoms with E-state index >= 15 is 0 Å². The number of amides is 2. The van der Waals surface area contributed by atoms with Crippen molar-refractivity contribution in [2.24, 2.45) is 11.7 Å². The molecule has 2 rings (SSSR count). The number of carbonyl (C=O) groups is 2. The topological polar surface area (TPSA) is 119 Å². The molecule has 0 radical (unpaired) electrons. The van der Waals surface area contributed by atoms with Crippen LogP contribution >= 0.6 is 0 Å². The number of likely N-dealkylation sites (tertiary alicyclic amines) is 1. The van der Waals surface area contributed by atoms with Crippen LogP contribution in [0.3, 0.4) is 0 Å². The normalized spacial score (nSPS) is 16.7. The SMILES string of the molecule is CC[C@H](C)NS(=O)(=O)c1ccc(OCC(=O)N2CCC(C(N)=O)CC2)cc1. The first-order valence-electron chi connectivity index (χ1n) is 9.05. The van der Waals surface area contributed by atoms with Gasteiger partial charge >= 0.3 is 0 Å². The summed E-state index contributed by atoms with van der Waals surface area (Å²) in [7, 11) is -3.57. The summed E-state index contributed by atoms with van der Waals surface area (Å²) in [5.41, 5.74) is 5.29. The van der Waals surface area contributed by atoms with Gasteiger partial charge in [-0.05, 0) is 50.5 Å². The van der Waals surface area contributed by atoms with Gasteiger partial charge in [-0.15, -0.1) is 0 Å². The third-order valence-corrected chi connectivity index (χ3v) is 6.32. The molecule has 150 valence electrons. The molecule has 0 bridgehead atoms. The van der Waals surface area contributed by atoms with E-state index in [1.54, 1.807) is 11.8 Å². The quantitative estimate of drug-likeness (QED) is 0.674. The summed E-state index contributed by atoms with van der Waals surface area (Å²) in [4.78, 5) is 25.2. The summed E-state index contributed by atoms with van der Waals surface area (Å²) < 4.78 is 32.5. The van der Waals surface area contributed by atoms with Crippen LogP contribution in [0, 0.1) is 5.92 Å². The fourth-order valence-electron chi connectivity index (χ4n) is 2.78. The third kappa shape index (κ3) is 5.93. The van der Waals surface area contributed by atoms with Crippen LogP contribution in [0.2, 0.25) is 0 Å². The molecule has 0 spiro atoms. The molecule has 1 aliphatic rings. The van der Waals surface area contributed by atoms with Gasteiger partial charge < -0.3 is 15.4 Å². The summed E-state index contributed by atoms with van der Waals surface area (Å²) in [6.07, 6.45) is 1.83. The van der Waals surface area contributed by atoms with E-state index in [2.05, 4.69) is 4.72 Å². The molecule has 27 heavy (non-hydrogen) atoms.